The molecule has 0 spiro atoms. The van der Waals surface area contributed by atoms with E-state index < -0.39 is 6.04 Å². The van der Waals surface area contributed by atoms with Crippen LogP contribution >= 0.6 is 22.9 Å². The Morgan fingerprint density at radius 2 is 1.38 bits per heavy atom. The average molecular weight is 707 g/mol. The van der Waals surface area contributed by atoms with Crippen molar-refractivity contribution < 1.29 is 33.2 Å². The molecule has 264 valence electrons. The summed E-state index contributed by atoms with van der Waals surface area (Å²) in [7, 11) is 0. The summed E-state index contributed by atoms with van der Waals surface area (Å²) in [5.74, 6) is 1.25. The van der Waals surface area contributed by atoms with Gasteiger partial charge >= 0.3 is 0 Å². The minimum absolute atomic E-state index is 0.120. The monoisotopic (exact) mass is 706 g/mol. The van der Waals surface area contributed by atoms with Crippen LogP contribution < -0.4 is 11.1 Å². The first-order valence-corrected chi connectivity index (χ1v) is 17.4. The molecular weight excluding hydrogens is 660 g/mol. The summed E-state index contributed by atoms with van der Waals surface area (Å²) < 4.78 is 34.8. The highest BCUT2D eigenvalue weighted by Gasteiger charge is 2.32. The number of amides is 1. The topological polar surface area (TPSA) is 154 Å². The molecule has 0 aliphatic carbocycles. The second-order valence-electron chi connectivity index (χ2n) is 10.9. The molecule has 1 atom stereocenters. The number of aryl methyl sites for hydroxylation is 2. The van der Waals surface area contributed by atoms with Crippen LogP contribution in [0, 0.1) is 20.8 Å². The minimum atomic E-state index is -0.523. The molecule has 0 fully saturated rings. The van der Waals surface area contributed by atoms with Crippen LogP contribution in [0.5, 0.6) is 0 Å². The lowest BCUT2D eigenvalue weighted by molar-refractivity contribution is -0.121. The van der Waals surface area contributed by atoms with Crippen molar-refractivity contribution in [2.45, 2.75) is 33.2 Å². The van der Waals surface area contributed by atoms with Crippen LogP contribution in [0.15, 0.2) is 29.3 Å². The zero-order valence-corrected chi connectivity index (χ0v) is 29.6. The highest BCUT2D eigenvalue weighted by atomic mass is 35.5. The zero-order valence-electron chi connectivity index (χ0n) is 28.0. The molecular formula is C33H47ClN6O7S. The summed E-state index contributed by atoms with van der Waals surface area (Å²) >= 11 is 7.87. The van der Waals surface area contributed by atoms with Crippen molar-refractivity contribution in [3.63, 3.8) is 0 Å². The van der Waals surface area contributed by atoms with Crippen molar-refractivity contribution in [3.05, 3.63) is 62.5 Å². The Balaban J connectivity index is 1.12. The van der Waals surface area contributed by atoms with E-state index in [1.807, 2.05) is 35.8 Å². The highest BCUT2D eigenvalue weighted by Crippen LogP contribution is 2.39. The fourth-order valence-corrected chi connectivity index (χ4v) is 6.27. The van der Waals surface area contributed by atoms with E-state index in [1.165, 1.54) is 4.88 Å². The standard InChI is InChI=1S/C33H47ClN6O7S/c1-23-24(2)48-33-30(23)31(26-4-6-27(34)7-5-26)37-28(32-39-38-25(3)40(32)33)22-29(41)36-9-11-43-13-15-45-17-19-47-21-20-46-18-16-44-14-12-42-10-8-35/h4-7,28H,8-22,35H2,1-3H3,(H,36,41)/t28-/m0/s1. The van der Waals surface area contributed by atoms with Crippen molar-refractivity contribution in [1.82, 2.24) is 20.1 Å². The van der Waals surface area contributed by atoms with Crippen LogP contribution in [0.1, 0.15) is 45.7 Å². The van der Waals surface area contributed by atoms with Crippen LogP contribution in [0.3, 0.4) is 0 Å². The molecule has 3 aromatic rings. The van der Waals surface area contributed by atoms with Gasteiger partial charge in [0.1, 0.15) is 16.9 Å². The van der Waals surface area contributed by atoms with Gasteiger partial charge < -0.3 is 39.5 Å². The smallest absolute Gasteiger partial charge is 0.222 e. The maximum Gasteiger partial charge on any atom is 0.222 e. The van der Waals surface area contributed by atoms with E-state index >= 15 is 0 Å². The number of aromatic nitrogens is 3. The Hall–Kier alpha value is -2.79. The summed E-state index contributed by atoms with van der Waals surface area (Å²) in [4.78, 5) is 19.4. The van der Waals surface area contributed by atoms with Gasteiger partial charge in [-0.05, 0) is 38.5 Å². The van der Waals surface area contributed by atoms with Gasteiger partial charge in [-0.3, -0.25) is 14.4 Å². The largest absolute Gasteiger partial charge is 0.378 e. The van der Waals surface area contributed by atoms with Gasteiger partial charge in [-0.2, -0.15) is 0 Å². The van der Waals surface area contributed by atoms with E-state index in [0.717, 1.165) is 33.2 Å². The van der Waals surface area contributed by atoms with Gasteiger partial charge in [0.05, 0.1) is 91.4 Å². The molecule has 3 N–H and O–H groups in total. The fraction of sp³-hybridized carbons (Fsp3) is 0.576. The third-order valence-electron chi connectivity index (χ3n) is 7.43. The van der Waals surface area contributed by atoms with Crippen LogP contribution in [-0.4, -0.2) is 119 Å². The third kappa shape index (κ3) is 11.4. The quantitative estimate of drug-likeness (QED) is 0.140. The molecule has 0 radical (unpaired) electrons. The zero-order chi connectivity index (χ0) is 34.1. The number of carbonyl (C=O) groups excluding carboxylic acids is 1. The number of carbonyl (C=O) groups is 1. The molecule has 1 aromatic carbocycles. The van der Waals surface area contributed by atoms with Gasteiger partial charge in [0, 0.05) is 34.1 Å². The van der Waals surface area contributed by atoms with Crippen molar-refractivity contribution in [1.29, 1.82) is 0 Å². The Morgan fingerprint density at radius 3 is 1.94 bits per heavy atom. The molecule has 0 unspecified atom stereocenters. The van der Waals surface area contributed by atoms with Crippen molar-refractivity contribution >= 4 is 34.6 Å². The molecule has 3 heterocycles. The average Bonchev–Trinajstić information content (AvgIpc) is 3.55. The number of hydrogen-bond acceptors (Lipinski definition) is 12. The fourth-order valence-electron chi connectivity index (χ4n) is 4.93. The van der Waals surface area contributed by atoms with Crippen LogP contribution in [0.4, 0.5) is 0 Å². The summed E-state index contributed by atoms with van der Waals surface area (Å²) in [6.07, 6.45) is 0.120. The van der Waals surface area contributed by atoms with Gasteiger partial charge in [-0.15, -0.1) is 21.5 Å². The second-order valence-corrected chi connectivity index (χ2v) is 12.6. The third-order valence-corrected chi connectivity index (χ3v) is 8.87. The summed E-state index contributed by atoms with van der Waals surface area (Å²) in [6, 6.07) is 7.10. The molecule has 1 aliphatic heterocycles. The van der Waals surface area contributed by atoms with Crippen molar-refractivity contribution in [2.75, 3.05) is 92.4 Å². The number of thiophene rings is 1. The number of benzene rings is 1. The first-order valence-electron chi connectivity index (χ1n) is 16.2. The minimum Gasteiger partial charge on any atom is -0.378 e. The van der Waals surface area contributed by atoms with E-state index in [-0.39, 0.29) is 12.3 Å². The van der Waals surface area contributed by atoms with Gasteiger partial charge in [-0.1, -0.05) is 23.7 Å². The highest BCUT2D eigenvalue weighted by molar-refractivity contribution is 7.15. The number of nitrogens with one attached hydrogen (secondary N) is 1. The number of halogens is 1. The lowest BCUT2D eigenvalue weighted by Gasteiger charge is -2.13. The molecule has 4 rings (SSSR count). The van der Waals surface area contributed by atoms with Gasteiger partial charge in [0.15, 0.2) is 5.82 Å². The maximum absolute atomic E-state index is 13.1. The predicted molar refractivity (Wildman–Crippen MR) is 185 cm³/mol. The van der Waals surface area contributed by atoms with E-state index in [4.69, 9.17) is 50.7 Å². The van der Waals surface area contributed by atoms with Crippen LogP contribution in [0.25, 0.3) is 5.00 Å². The molecule has 1 amide bonds. The molecule has 0 bridgehead atoms. The Labute approximate surface area is 291 Å². The van der Waals surface area contributed by atoms with E-state index in [0.29, 0.717) is 103 Å². The molecule has 13 nitrogen and oxygen atoms in total. The molecule has 1 aliphatic rings. The van der Waals surface area contributed by atoms with Gasteiger partial charge in [-0.25, -0.2) is 0 Å². The Morgan fingerprint density at radius 1 is 0.833 bits per heavy atom. The van der Waals surface area contributed by atoms with E-state index in [9.17, 15) is 4.79 Å². The second kappa shape index (κ2) is 20.7. The van der Waals surface area contributed by atoms with Gasteiger partial charge in [0.25, 0.3) is 0 Å². The molecule has 0 saturated carbocycles. The number of hydrogen-bond donors (Lipinski definition) is 2. The summed E-state index contributed by atoms with van der Waals surface area (Å²) in [6.45, 7) is 12.8. The summed E-state index contributed by atoms with van der Waals surface area (Å²) in [5, 5.41) is 13.4. The lowest BCUT2D eigenvalue weighted by Crippen LogP contribution is -2.29. The maximum atomic E-state index is 13.1. The molecule has 48 heavy (non-hydrogen) atoms. The molecule has 15 heteroatoms. The van der Waals surface area contributed by atoms with Crippen LogP contribution in [0.2, 0.25) is 5.02 Å². The first-order chi connectivity index (χ1) is 23.4. The van der Waals surface area contributed by atoms with Crippen molar-refractivity contribution in [2.24, 2.45) is 10.7 Å². The number of rotatable bonds is 23. The van der Waals surface area contributed by atoms with Crippen molar-refractivity contribution in [3.8, 4) is 5.00 Å². The number of nitrogens with two attached hydrogens (primary N) is 1. The normalized spacial score (nSPS) is 14.0. The number of nitrogens with zero attached hydrogens (tertiary/aromatic N) is 4. The Bertz CT molecular complexity index is 1450. The summed E-state index contributed by atoms with van der Waals surface area (Å²) in [5.41, 5.74) is 9.26. The van der Waals surface area contributed by atoms with Crippen LogP contribution in [-0.2, 0) is 33.2 Å². The SMILES string of the molecule is Cc1sc2c(c1C)C(c1ccc(Cl)cc1)=N[C@@H](CC(=O)NCCOCCOCCOCCOCCOCCOCCN)c1nnc(C)n1-2. The van der Waals surface area contributed by atoms with Gasteiger partial charge in [0.2, 0.25) is 5.91 Å². The predicted octanol–water partition coefficient (Wildman–Crippen LogP) is 3.36. The first kappa shape index (κ1) is 38.0. The molecule has 0 saturated heterocycles. The van der Waals surface area contributed by atoms with E-state index in [1.54, 1.807) is 11.3 Å². The molecule has 2 aromatic heterocycles. The Kier molecular flexibility index (Phi) is 16.4. The number of aliphatic imine (C=N–C) groups is 1. The lowest BCUT2D eigenvalue weighted by atomic mass is 9.99. The number of ether oxygens (including phenoxy) is 6. The van der Waals surface area contributed by atoms with E-state index in [2.05, 4.69) is 29.4 Å². The number of fused-ring (bicyclic) bond motifs is 3.